The molecule has 1 unspecified atom stereocenters. The number of nitrogens with zero attached hydrogens (tertiary/aromatic N) is 3. The van der Waals surface area contributed by atoms with Gasteiger partial charge in [0.05, 0.1) is 23.2 Å². The highest BCUT2D eigenvalue weighted by atomic mass is 19.1. The molecule has 1 saturated carbocycles. The Balaban J connectivity index is 1.49. The number of pyridine rings is 1. The van der Waals surface area contributed by atoms with Gasteiger partial charge in [0.25, 0.3) is 11.6 Å². The van der Waals surface area contributed by atoms with E-state index < -0.39 is 5.60 Å². The Labute approximate surface area is 161 Å². The minimum atomic E-state index is -1.18. The fraction of sp³-hybridized carbons (Fsp3) is 0.381. The summed E-state index contributed by atoms with van der Waals surface area (Å²) in [4.78, 5) is 19.5. The molecule has 2 aromatic heterocycles. The Morgan fingerprint density at radius 1 is 1.32 bits per heavy atom. The second-order valence-corrected chi connectivity index (χ2v) is 7.83. The lowest BCUT2D eigenvalue weighted by Crippen LogP contribution is -2.34. The van der Waals surface area contributed by atoms with Gasteiger partial charge in [-0.3, -0.25) is 4.79 Å². The van der Waals surface area contributed by atoms with Crippen LogP contribution in [-0.2, 0) is 5.60 Å². The molecule has 28 heavy (non-hydrogen) atoms. The first kappa shape index (κ1) is 17.3. The smallest absolute Gasteiger partial charge is 0.259 e. The van der Waals surface area contributed by atoms with Crippen molar-refractivity contribution in [2.45, 2.75) is 37.7 Å². The van der Waals surface area contributed by atoms with E-state index in [0.29, 0.717) is 46.8 Å². The van der Waals surface area contributed by atoms with Crippen LogP contribution in [-0.4, -0.2) is 39.1 Å². The first-order valence-corrected chi connectivity index (χ1v) is 9.49. The van der Waals surface area contributed by atoms with Crippen molar-refractivity contribution in [2.75, 3.05) is 13.1 Å². The molecule has 1 N–H and O–H groups in total. The zero-order chi connectivity index (χ0) is 19.5. The van der Waals surface area contributed by atoms with E-state index in [1.165, 1.54) is 12.1 Å². The SMILES string of the molecule is Cc1noc2nc(C3CC3)cc(C(=O)N3CCC(O)(c4ccc(F)cc4)C3)c12. The number of benzene rings is 1. The second-order valence-electron chi connectivity index (χ2n) is 7.83. The molecule has 5 rings (SSSR count). The van der Waals surface area contributed by atoms with Crippen LogP contribution >= 0.6 is 0 Å². The van der Waals surface area contributed by atoms with Crippen molar-refractivity contribution in [3.05, 3.63) is 58.7 Å². The molecule has 0 spiro atoms. The molecule has 3 heterocycles. The summed E-state index contributed by atoms with van der Waals surface area (Å²) in [7, 11) is 0. The molecule has 144 valence electrons. The molecule has 3 aromatic rings. The van der Waals surface area contributed by atoms with Crippen molar-refractivity contribution in [1.29, 1.82) is 0 Å². The van der Waals surface area contributed by atoms with Gasteiger partial charge in [0.1, 0.15) is 11.4 Å². The number of aliphatic hydroxyl groups is 1. The third kappa shape index (κ3) is 2.77. The quantitative estimate of drug-likeness (QED) is 0.753. The molecule has 1 amide bonds. The third-order valence-corrected chi connectivity index (χ3v) is 5.78. The van der Waals surface area contributed by atoms with Crippen LogP contribution in [0.3, 0.4) is 0 Å². The summed E-state index contributed by atoms with van der Waals surface area (Å²) in [5, 5.41) is 15.6. The maximum atomic E-state index is 13.3. The Morgan fingerprint density at radius 3 is 2.79 bits per heavy atom. The third-order valence-electron chi connectivity index (χ3n) is 5.78. The number of hydrogen-bond donors (Lipinski definition) is 1. The maximum absolute atomic E-state index is 13.3. The Kier molecular flexibility index (Phi) is 3.77. The number of β-amino-alcohol motifs (C(OH)–C–C–N with tert-alkyl or cyclic N) is 1. The van der Waals surface area contributed by atoms with E-state index in [1.807, 2.05) is 6.07 Å². The van der Waals surface area contributed by atoms with Crippen LogP contribution in [0, 0.1) is 12.7 Å². The summed E-state index contributed by atoms with van der Waals surface area (Å²) in [5.41, 5.74) is 1.83. The highest BCUT2D eigenvalue weighted by Crippen LogP contribution is 2.41. The molecule has 1 aliphatic heterocycles. The van der Waals surface area contributed by atoms with Gasteiger partial charge >= 0.3 is 0 Å². The summed E-state index contributed by atoms with van der Waals surface area (Å²) < 4.78 is 18.5. The molecular weight excluding hydrogens is 361 g/mol. The van der Waals surface area contributed by atoms with Gasteiger partial charge in [-0.15, -0.1) is 0 Å². The number of halogens is 1. The van der Waals surface area contributed by atoms with E-state index in [1.54, 1.807) is 24.0 Å². The lowest BCUT2D eigenvalue weighted by Gasteiger charge is -2.24. The number of fused-ring (bicyclic) bond motifs is 1. The molecule has 1 atom stereocenters. The zero-order valence-electron chi connectivity index (χ0n) is 15.5. The molecule has 7 heteroatoms. The van der Waals surface area contributed by atoms with Gasteiger partial charge in [-0.1, -0.05) is 17.3 Å². The van der Waals surface area contributed by atoms with E-state index in [-0.39, 0.29) is 18.3 Å². The molecule has 2 aliphatic rings. The average molecular weight is 381 g/mol. The van der Waals surface area contributed by atoms with E-state index in [9.17, 15) is 14.3 Å². The Morgan fingerprint density at radius 2 is 2.07 bits per heavy atom. The molecule has 1 aliphatic carbocycles. The van der Waals surface area contributed by atoms with Crippen molar-refractivity contribution in [3.63, 3.8) is 0 Å². The number of aromatic nitrogens is 2. The number of rotatable bonds is 3. The van der Waals surface area contributed by atoms with Crippen LogP contribution < -0.4 is 0 Å². The van der Waals surface area contributed by atoms with Gasteiger partial charge in [0.2, 0.25) is 0 Å². The molecule has 1 saturated heterocycles. The highest BCUT2D eigenvalue weighted by Gasteiger charge is 2.40. The highest BCUT2D eigenvalue weighted by molar-refractivity contribution is 6.06. The van der Waals surface area contributed by atoms with Gasteiger partial charge in [-0.05, 0) is 49.9 Å². The standard InChI is InChI=1S/C21H20FN3O3/c1-12-18-16(10-17(13-2-3-13)23-19(18)28-24-12)20(26)25-9-8-21(27,11-25)14-4-6-15(22)7-5-14/h4-7,10,13,27H,2-3,8-9,11H2,1H3. The Hall–Kier alpha value is -2.80. The lowest BCUT2D eigenvalue weighted by molar-refractivity contribution is 0.0417. The fourth-order valence-electron chi connectivity index (χ4n) is 4.00. The average Bonchev–Trinajstić information content (AvgIpc) is 3.37. The number of amides is 1. The molecule has 1 aromatic carbocycles. The summed E-state index contributed by atoms with van der Waals surface area (Å²) in [6, 6.07) is 7.65. The second kappa shape index (κ2) is 6.10. The summed E-state index contributed by atoms with van der Waals surface area (Å²) >= 11 is 0. The van der Waals surface area contributed by atoms with E-state index in [0.717, 1.165) is 18.5 Å². The monoisotopic (exact) mass is 381 g/mol. The van der Waals surface area contributed by atoms with Crippen LogP contribution in [0.5, 0.6) is 0 Å². The van der Waals surface area contributed by atoms with Crippen LogP contribution in [0.15, 0.2) is 34.9 Å². The van der Waals surface area contributed by atoms with Crippen LogP contribution in [0.1, 0.15) is 52.5 Å². The zero-order valence-corrected chi connectivity index (χ0v) is 15.5. The number of hydrogen-bond acceptors (Lipinski definition) is 5. The summed E-state index contributed by atoms with van der Waals surface area (Å²) in [5.74, 6) is -0.150. The Bertz CT molecular complexity index is 1070. The predicted octanol–water partition coefficient (Wildman–Crippen LogP) is 3.28. The summed E-state index contributed by atoms with van der Waals surface area (Å²) in [6.45, 7) is 2.36. The normalized spacial score (nSPS) is 22.2. The maximum Gasteiger partial charge on any atom is 0.259 e. The van der Waals surface area contributed by atoms with E-state index >= 15 is 0 Å². The van der Waals surface area contributed by atoms with Crippen LogP contribution in [0.4, 0.5) is 4.39 Å². The molecule has 2 fully saturated rings. The van der Waals surface area contributed by atoms with Crippen molar-refractivity contribution >= 4 is 17.0 Å². The van der Waals surface area contributed by atoms with Crippen molar-refractivity contribution in [2.24, 2.45) is 0 Å². The van der Waals surface area contributed by atoms with Crippen molar-refractivity contribution < 1.29 is 18.8 Å². The van der Waals surface area contributed by atoms with Gasteiger partial charge in [-0.25, -0.2) is 9.37 Å². The minimum Gasteiger partial charge on any atom is -0.383 e. The first-order valence-electron chi connectivity index (χ1n) is 9.49. The predicted molar refractivity (Wildman–Crippen MR) is 99.3 cm³/mol. The van der Waals surface area contributed by atoms with Crippen LogP contribution in [0.2, 0.25) is 0 Å². The first-order chi connectivity index (χ1) is 13.4. The summed E-state index contributed by atoms with van der Waals surface area (Å²) in [6.07, 6.45) is 2.53. The van der Waals surface area contributed by atoms with E-state index in [2.05, 4.69) is 10.1 Å². The fourth-order valence-corrected chi connectivity index (χ4v) is 4.00. The number of aryl methyl sites for hydroxylation is 1. The van der Waals surface area contributed by atoms with Crippen molar-refractivity contribution in [1.82, 2.24) is 15.0 Å². The van der Waals surface area contributed by atoms with E-state index in [4.69, 9.17) is 4.52 Å². The minimum absolute atomic E-state index is 0.157. The number of carbonyl (C=O) groups is 1. The number of carbonyl (C=O) groups excluding carboxylic acids is 1. The van der Waals surface area contributed by atoms with Crippen molar-refractivity contribution in [3.8, 4) is 0 Å². The van der Waals surface area contributed by atoms with Gasteiger partial charge in [0, 0.05) is 18.2 Å². The molecule has 0 radical (unpaired) electrons. The topological polar surface area (TPSA) is 79.5 Å². The lowest BCUT2D eigenvalue weighted by atomic mass is 9.93. The van der Waals surface area contributed by atoms with Crippen LogP contribution in [0.25, 0.3) is 11.1 Å². The molecule has 6 nitrogen and oxygen atoms in total. The van der Waals surface area contributed by atoms with Gasteiger partial charge < -0.3 is 14.5 Å². The largest absolute Gasteiger partial charge is 0.383 e. The number of likely N-dealkylation sites (tertiary alicyclic amines) is 1. The molecule has 0 bridgehead atoms. The van der Waals surface area contributed by atoms with Gasteiger partial charge in [-0.2, -0.15) is 0 Å². The van der Waals surface area contributed by atoms with Gasteiger partial charge in [0.15, 0.2) is 0 Å². The molecular formula is C21H20FN3O3.